The number of hydrogen-bond donors (Lipinski definition) is 1. The fourth-order valence-corrected chi connectivity index (χ4v) is 0.799. The van der Waals surface area contributed by atoms with E-state index in [1.807, 2.05) is 13.8 Å². The van der Waals surface area contributed by atoms with Crippen LogP contribution in [0.4, 0.5) is 0 Å². The summed E-state index contributed by atoms with van der Waals surface area (Å²) in [6, 6.07) is 0. The van der Waals surface area contributed by atoms with Crippen molar-refractivity contribution in [3.63, 3.8) is 0 Å². The Morgan fingerprint density at radius 2 is 2.09 bits per heavy atom. The van der Waals surface area contributed by atoms with Gasteiger partial charge < -0.3 is 10.1 Å². The molecule has 11 heavy (non-hydrogen) atoms. The number of hydrogen-bond acceptors (Lipinski definition) is 2. The van der Waals surface area contributed by atoms with Gasteiger partial charge in [0, 0.05) is 19.0 Å². The lowest BCUT2D eigenvalue weighted by Gasteiger charge is -2.10. The maximum atomic E-state index is 5.76. The monoisotopic (exact) mass is 179 g/mol. The zero-order valence-corrected chi connectivity index (χ0v) is 8.32. The molecule has 0 aromatic carbocycles. The lowest BCUT2D eigenvalue weighted by molar-refractivity contribution is 0.117. The fraction of sp³-hybridized carbons (Fsp3) is 1.00. The second-order valence-corrected chi connectivity index (χ2v) is 3.56. The normalized spacial score (nSPS) is 16.4. The Hall–Kier alpha value is 0.210. The molecule has 0 amide bonds. The second kappa shape index (κ2) is 6.89. The van der Waals surface area contributed by atoms with Crippen LogP contribution in [0.1, 0.15) is 20.3 Å². The topological polar surface area (TPSA) is 21.3 Å². The van der Waals surface area contributed by atoms with E-state index in [9.17, 15) is 0 Å². The van der Waals surface area contributed by atoms with Crippen molar-refractivity contribution in [3.8, 4) is 0 Å². The van der Waals surface area contributed by atoms with Crippen LogP contribution in [0.15, 0.2) is 0 Å². The molecule has 2 nitrogen and oxygen atoms in total. The lowest BCUT2D eigenvalue weighted by atomic mass is 10.3. The van der Waals surface area contributed by atoms with Gasteiger partial charge in [0.1, 0.15) is 0 Å². The molecule has 2 atom stereocenters. The Bertz CT molecular complexity index is 88.2. The van der Waals surface area contributed by atoms with Crippen molar-refractivity contribution in [2.24, 2.45) is 0 Å². The molecule has 0 bridgehead atoms. The van der Waals surface area contributed by atoms with E-state index < -0.39 is 0 Å². The van der Waals surface area contributed by atoms with Crippen LogP contribution in [0, 0.1) is 0 Å². The predicted molar refractivity (Wildman–Crippen MR) is 49.3 cm³/mol. The first kappa shape index (κ1) is 11.2. The molecule has 0 aliphatic carbocycles. The van der Waals surface area contributed by atoms with Crippen molar-refractivity contribution in [2.45, 2.75) is 31.7 Å². The third-order valence-corrected chi connectivity index (χ3v) is 1.77. The van der Waals surface area contributed by atoms with Crippen LogP contribution in [-0.4, -0.2) is 31.7 Å². The van der Waals surface area contributed by atoms with Gasteiger partial charge in [-0.2, -0.15) is 0 Å². The first-order valence-electron chi connectivity index (χ1n) is 4.04. The molecule has 0 aliphatic rings. The summed E-state index contributed by atoms with van der Waals surface area (Å²) in [7, 11) is 1.72. The Kier molecular flexibility index (Phi) is 7.02. The molecule has 0 rings (SSSR count). The maximum Gasteiger partial charge on any atom is 0.0667 e. The smallest absolute Gasteiger partial charge is 0.0667 e. The number of alkyl halides is 1. The van der Waals surface area contributed by atoms with Crippen LogP contribution in [0.5, 0.6) is 0 Å². The molecule has 0 fully saturated rings. The Balaban J connectivity index is 3.01. The van der Waals surface area contributed by atoms with E-state index in [0.29, 0.717) is 6.10 Å². The van der Waals surface area contributed by atoms with Gasteiger partial charge in [0.15, 0.2) is 0 Å². The van der Waals surface area contributed by atoms with Gasteiger partial charge in [0.25, 0.3) is 0 Å². The van der Waals surface area contributed by atoms with Gasteiger partial charge in [-0.1, -0.05) is 0 Å². The van der Waals surface area contributed by atoms with Crippen molar-refractivity contribution < 1.29 is 4.74 Å². The van der Waals surface area contributed by atoms with Gasteiger partial charge in [-0.3, -0.25) is 0 Å². The van der Waals surface area contributed by atoms with Gasteiger partial charge in [0.05, 0.1) is 6.10 Å². The van der Waals surface area contributed by atoms with E-state index in [4.69, 9.17) is 16.3 Å². The van der Waals surface area contributed by atoms with Crippen LogP contribution in [0.3, 0.4) is 0 Å². The Labute approximate surface area is 74.3 Å². The minimum Gasteiger partial charge on any atom is -0.380 e. The second-order valence-electron chi connectivity index (χ2n) is 2.82. The van der Waals surface area contributed by atoms with Crippen molar-refractivity contribution >= 4 is 11.6 Å². The summed E-state index contributed by atoms with van der Waals surface area (Å²) in [5, 5.41) is 3.52. The lowest BCUT2D eigenvalue weighted by Crippen LogP contribution is -2.27. The quantitative estimate of drug-likeness (QED) is 0.495. The summed E-state index contributed by atoms with van der Waals surface area (Å²) >= 11 is 5.76. The van der Waals surface area contributed by atoms with E-state index in [2.05, 4.69) is 5.32 Å². The van der Waals surface area contributed by atoms with Crippen molar-refractivity contribution in [2.75, 3.05) is 20.2 Å². The molecule has 0 aliphatic heterocycles. The number of ether oxygens (including phenoxy) is 1. The minimum atomic E-state index is 0.264. The maximum absolute atomic E-state index is 5.76. The van der Waals surface area contributed by atoms with E-state index >= 15 is 0 Å². The van der Waals surface area contributed by atoms with E-state index in [0.717, 1.165) is 19.5 Å². The molecule has 0 aromatic rings. The summed E-state index contributed by atoms with van der Waals surface area (Å²) in [5.74, 6) is 0. The molecule has 0 saturated heterocycles. The highest BCUT2D eigenvalue weighted by molar-refractivity contribution is 6.20. The van der Waals surface area contributed by atoms with Crippen molar-refractivity contribution in [1.29, 1.82) is 0 Å². The first-order chi connectivity index (χ1) is 5.16. The first-order valence-corrected chi connectivity index (χ1v) is 4.48. The molecule has 0 saturated carbocycles. The van der Waals surface area contributed by atoms with E-state index in [-0.39, 0.29) is 5.38 Å². The van der Waals surface area contributed by atoms with Crippen LogP contribution in [-0.2, 0) is 4.74 Å². The summed E-state index contributed by atoms with van der Waals surface area (Å²) in [4.78, 5) is 0. The molecule has 0 spiro atoms. The highest BCUT2D eigenvalue weighted by Crippen LogP contribution is 1.97. The molecule has 2 unspecified atom stereocenters. The number of halogens is 1. The van der Waals surface area contributed by atoms with Crippen molar-refractivity contribution in [1.82, 2.24) is 5.32 Å². The molecule has 1 N–H and O–H groups in total. The molecule has 0 radical (unpaired) electrons. The average Bonchev–Trinajstić information content (AvgIpc) is 1.97. The Morgan fingerprint density at radius 3 is 2.55 bits per heavy atom. The minimum absolute atomic E-state index is 0.264. The molecular formula is C8H18ClNO. The highest BCUT2D eigenvalue weighted by atomic mass is 35.5. The van der Waals surface area contributed by atoms with Crippen LogP contribution in [0.2, 0.25) is 0 Å². The van der Waals surface area contributed by atoms with Gasteiger partial charge in [-0.05, 0) is 26.8 Å². The van der Waals surface area contributed by atoms with Crippen molar-refractivity contribution in [3.05, 3.63) is 0 Å². The van der Waals surface area contributed by atoms with E-state index in [1.165, 1.54) is 0 Å². The third kappa shape index (κ3) is 8.11. The summed E-state index contributed by atoms with van der Waals surface area (Å²) in [5.41, 5.74) is 0. The largest absolute Gasteiger partial charge is 0.380 e. The van der Waals surface area contributed by atoms with Gasteiger partial charge >= 0.3 is 0 Å². The fourth-order valence-electron chi connectivity index (χ4n) is 0.690. The van der Waals surface area contributed by atoms with Crippen LogP contribution < -0.4 is 5.32 Å². The molecule has 0 aromatic heterocycles. The third-order valence-electron chi connectivity index (χ3n) is 1.55. The van der Waals surface area contributed by atoms with Crippen LogP contribution in [0.25, 0.3) is 0 Å². The molecular weight excluding hydrogens is 162 g/mol. The SMILES string of the molecule is COC(C)CNCCC(C)Cl. The van der Waals surface area contributed by atoms with Gasteiger partial charge in [-0.25, -0.2) is 0 Å². The number of nitrogens with one attached hydrogen (secondary N) is 1. The summed E-state index contributed by atoms with van der Waals surface area (Å²) < 4.78 is 5.06. The molecule has 3 heteroatoms. The average molecular weight is 180 g/mol. The standard InChI is InChI=1S/C8H18ClNO/c1-7(9)4-5-10-6-8(2)11-3/h7-8,10H,4-6H2,1-3H3. The summed E-state index contributed by atoms with van der Waals surface area (Å²) in [6.07, 6.45) is 1.30. The highest BCUT2D eigenvalue weighted by Gasteiger charge is 1.98. The number of rotatable bonds is 6. The zero-order valence-electron chi connectivity index (χ0n) is 7.56. The zero-order chi connectivity index (χ0) is 8.69. The summed E-state index contributed by atoms with van der Waals surface area (Å²) in [6.45, 7) is 5.92. The molecule has 68 valence electrons. The number of methoxy groups -OCH3 is 1. The van der Waals surface area contributed by atoms with E-state index in [1.54, 1.807) is 7.11 Å². The van der Waals surface area contributed by atoms with Crippen LogP contribution >= 0.6 is 11.6 Å². The van der Waals surface area contributed by atoms with Gasteiger partial charge in [0.2, 0.25) is 0 Å². The predicted octanol–water partition coefficient (Wildman–Crippen LogP) is 1.63. The van der Waals surface area contributed by atoms with Gasteiger partial charge in [-0.15, -0.1) is 11.6 Å². The Morgan fingerprint density at radius 1 is 1.45 bits per heavy atom. The molecule has 0 heterocycles.